The van der Waals surface area contributed by atoms with Crippen molar-refractivity contribution in [2.75, 3.05) is 20.6 Å². The summed E-state index contributed by atoms with van der Waals surface area (Å²) in [6, 6.07) is 0.119. The second kappa shape index (κ2) is 6.34. The summed E-state index contributed by atoms with van der Waals surface area (Å²) in [6.45, 7) is 4.88. The number of hydrogen-bond acceptors (Lipinski definition) is 4. The fourth-order valence-corrected chi connectivity index (χ4v) is 1.37. The molecule has 17 heavy (non-hydrogen) atoms. The molecule has 0 bridgehead atoms. The fourth-order valence-electron chi connectivity index (χ4n) is 1.37. The van der Waals surface area contributed by atoms with Crippen molar-refractivity contribution in [1.29, 1.82) is 0 Å². The van der Waals surface area contributed by atoms with Gasteiger partial charge in [-0.1, -0.05) is 6.92 Å². The van der Waals surface area contributed by atoms with Gasteiger partial charge in [-0.2, -0.15) is 0 Å². The van der Waals surface area contributed by atoms with Gasteiger partial charge in [0.2, 0.25) is 5.82 Å². The number of nitrogens with one attached hydrogen (secondary N) is 2. The molecule has 0 spiro atoms. The summed E-state index contributed by atoms with van der Waals surface area (Å²) < 4.78 is 0. The lowest BCUT2D eigenvalue weighted by atomic mass is 10.2. The number of amides is 1. The van der Waals surface area contributed by atoms with Gasteiger partial charge in [0.25, 0.3) is 5.91 Å². The molecule has 2 N–H and O–H groups in total. The van der Waals surface area contributed by atoms with E-state index in [0.717, 1.165) is 25.2 Å². The number of aromatic amines is 1. The van der Waals surface area contributed by atoms with E-state index in [-0.39, 0.29) is 17.8 Å². The highest BCUT2D eigenvalue weighted by Crippen LogP contribution is 1.97. The minimum Gasteiger partial charge on any atom is -0.347 e. The number of nitrogens with zero attached hydrogens (tertiary/aromatic N) is 3. The molecular weight excluding hydrogens is 218 g/mol. The first kappa shape index (κ1) is 13.6. The van der Waals surface area contributed by atoms with Gasteiger partial charge in [0.1, 0.15) is 5.82 Å². The highest BCUT2D eigenvalue weighted by atomic mass is 16.2. The van der Waals surface area contributed by atoms with E-state index in [0.29, 0.717) is 0 Å². The Hall–Kier alpha value is -1.43. The van der Waals surface area contributed by atoms with Crippen molar-refractivity contribution in [3.05, 3.63) is 11.6 Å². The zero-order valence-electron chi connectivity index (χ0n) is 10.9. The van der Waals surface area contributed by atoms with Crippen molar-refractivity contribution in [3.8, 4) is 0 Å². The van der Waals surface area contributed by atoms with Crippen LogP contribution in [0.4, 0.5) is 0 Å². The summed E-state index contributed by atoms with van der Waals surface area (Å²) in [4.78, 5) is 17.9. The number of aryl methyl sites for hydroxylation is 1. The maximum absolute atomic E-state index is 11.8. The highest BCUT2D eigenvalue weighted by molar-refractivity contribution is 5.90. The fraction of sp³-hybridized carbons (Fsp3) is 0.727. The Morgan fingerprint density at radius 1 is 1.53 bits per heavy atom. The summed E-state index contributed by atoms with van der Waals surface area (Å²) in [6.07, 6.45) is 1.65. The van der Waals surface area contributed by atoms with E-state index >= 15 is 0 Å². The Kier molecular flexibility index (Phi) is 5.09. The molecule has 1 rings (SSSR count). The number of carbonyl (C=O) groups excluding carboxylic acids is 1. The molecular formula is C11H21N5O. The van der Waals surface area contributed by atoms with Gasteiger partial charge in [-0.3, -0.25) is 9.89 Å². The quantitative estimate of drug-likeness (QED) is 0.755. The van der Waals surface area contributed by atoms with E-state index in [4.69, 9.17) is 0 Å². The molecule has 1 heterocycles. The average molecular weight is 239 g/mol. The topological polar surface area (TPSA) is 73.9 Å². The van der Waals surface area contributed by atoms with Crippen LogP contribution >= 0.6 is 0 Å². The SMILES string of the molecule is CCc1nc(C(=O)NC(C)CCN(C)C)n[nH]1. The van der Waals surface area contributed by atoms with Crippen molar-refractivity contribution < 1.29 is 4.79 Å². The third-order valence-corrected chi connectivity index (χ3v) is 2.46. The van der Waals surface area contributed by atoms with Crippen molar-refractivity contribution in [1.82, 2.24) is 25.4 Å². The predicted molar refractivity (Wildman–Crippen MR) is 65.9 cm³/mol. The van der Waals surface area contributed by atoms with Crippen LogP contribution in [0.3, 0.4) is 0 Å². The Bertz CT molecular complexity index is 360. The molecule has 0 saturated carbocycles. The Balaban J connectivity index is 2.43. The smallest absolute Gasteiger partial charge is 0.291 e. The van der Waals surface area contributed by atoms with Crippen LogP contribution in [0.5, 0.6) is 0 Å². The molecule has 0 saturated heterocycles. The molecule has 0 aliphatic rings. The van der Waals surface area contributed by atoms with Gasteiger partial charge in [-0.05, 0) is 34.0 Å². The standard InChI is InChI=1S/C11H21N5O/c1-5-9-13-10(15-14-9)11(17)12-8(2)6-7-16(3)4/h8H,5-7H2,1-4H3,(H,12,17)(H,13,14,15). The van der Waals surface area contributed by atoms with E-state index < -0.39 is 0 Å². The molecule has 0 aliphatic carbocycles. The summed E-state index contributed by atoms with van der Waals surface area (Å²) in [5.74, 6) is 0.738. The van der Waals surface area contributed by atoms with Crippen molar-refractivity contribution >= 4 is 5.91 Å². The van der Waals surface area contributed by atoms with Crippen molar-refractivity contribution in [2.24, 2.45) is 0 Å². The van der Waals surface area contributed by atoms with Gasteiger partial charge in [0.15, 0.2) is 0 Å². The minimum absolute atomic E-state index is 0.119. The molecule has 1 atom stereocenters. The first-order valence-electron chi connectivity index (χ1n) is 5.89. The molecule has 6 nitrogen and oxygen atoms in total. The van der Waals surface area contributed by atoms with Crippen LogP contribution in [-0.4, -0.2) is 52.7 Å². The molecule has 0 fully saturated rings. The third-order valence-electron chi connectivity index (χ3n) is 2.46. The number of carbonyl (C=O) groups is 1. The molecule has 6 heteroatoms. The van der Waals surface area contributed by atoms with Crippen LogP contribution < -0.4 is 5.32 Å². The maximum Gasteiger partial charge on any atom is 0.291 e. The van der Waals surface area contributed by atoms with Crippen molar-refractivity contribution in [3.63, 3.8) is 0 Å². The largest absolute Gasteiger partial charge is 0.347 e. The zero-order chi connectivity index (χ0) is 12.8. The van der Waals surface area contributed by atoms with E-state index in [2.05, 4.69) is 25.4 Å². The van der Waals surface area contributed by atoms with Gasteiger partial charge in [-0.25, -0.2) is 4.98 Å². The summed E-state index contributed by atoms with van der Waals surface area (Å²) in [5, 5.41) is 9.48. The van der Waals surface area contributed by atoms with Gasteiger partial charge < -0.3 is 10.2 Å². The van der Waals surface area contributed by atoms with E-state index in [1.165, 1.54) is 0 Å². The zero-order valence-corrected chi connectivity index (χ0v) is 10.9. The summed E-state index contributed by atoms with van der Waals surface area (Å²) >= 11 is 0. The first-order chi connectivity index (χ1) is 8.02. The van der Waals surface area contributed by atoms with Gasteiger partial charge >= 0.3 is 0 Å². The maximum atomic E-state index is 11.8. The van der Waals surface area contributed by atoms with E-state index in [1.54, 1.807) is 0 Å². The van der Waals surface area contributed by atoms with Crippen molar-refractivity contribution in [2.45, 2.75) is 32.7 Å². The number of aromatic nitrogens is 3. The highest BCUT2D eigenvalue weighted by Gasteiger charge is 2.14. The lowest BCUT2D eigenvalue weighted by Gasteiger charge is -2.15. The molecule has 0 aromatic carbocycles. The summed E-state index contributed by atoms with van der Waals surface area (Å²) in [7, 11) is 4.02. The summed E-state index contributed by atoms with van der Waals surface area (Å²) in [5.41, 5.74) is 0. The first-order valence-corrected chi connectivity index (χ1v) is 5.89. The number of hydrogen-bond donors (Lipinski definition) is 2. The predicted octanol–water partition coefficient (Wildman–Crippen LogP) is 0.437. The minimum atomic E-state index is -0.216. The molecule has 96 valence electrons. The van der Waals surface area contributed by atoms with Crippen LogP contribution in [0, 0.1) is 0 Å². The van der Waals surface area contributed by atoms with E-state index in [1.807, 2.05) is 27.9 Å². The average Bonchev–Trinajstić information content (AvgIpc) is 2.74. The van der Waals surface area contributed by atoms with Gasteiger partial charge in [-0.15, -0.1) is 5.10 Å². The molecule has 0 radical (unpaired) electrons. The lowest BCUT2D eigenvalue weighted by Crippen LogP contribution is -2.35. The Labute approximate surface area is 102 Å². The Morgan fingerprint density at radius 2 is 2.24 bits per heavy atom. The van der Waals surface area contributed by atoms with E-state index in [9.17, 15) is 4.79 Å². The van der Waals surface area contributed by atoms with Gasteiger partial charge in [0.05, 0.1) is 0 Å². The Morgan fingerprint density at radius 3 is 2.76 bits per heavy atom. The number of rotatable bonds is 6. The monoisotopic (exact) mass is 239 g/mol. The number of H-pyrrole nitrogens is 1. The second-order valence-corrected chi connectivity index (χ2v) is 4.43. The van der Waals surface area contributed by atoms with Crippen LogP contribution in [0.25, 0.3) is 0 Å². The normalized spacial score (nSPS) is 12.8. The van der Waals surface area contributed by atoms with Gasteiger partial charge in [0, 0.05) is 12.5 Å². The van der Waals surface area contributed by atoms with Crippen LogP contribution in [-0.2, 0) is 6.42 Å². The molecule has 1 aromatic rings. The lowest BCUT2D eigenvalue weighted by molar-refractivity contribution is 0.0926. The molecule has 1 amide bonds. The molecule has 1 aromatic heterocycles. The second-order valence-electron chi connectivity index (χ2n) is 4.43. The van der Waals surface area contributed by atoms with Crippen LogP contribution in [0.2, 0.25) is 0 Å². The van der Waals surface area contributed by atoms with Crippen LogP contribution in [0.1, 0.15) is 36.7 Å². The molecule has 0 aliphatic heterocycles. The third kappa shape index (κ3) is 4.52. The molecule has 1 unspecified atom stereocenters. The van der Waals surface area contributed by atoms with Crippen LogP contribution in [0.15, 0.2) is 0 Å².